The first-order valence-electron chi connectivity index (χ1n) is 10.1. The maximum atomic E-state index is 12.5. The van der Waals surface area contributed by atoms with E-state index in [2.05, 4.69) is 5.32 Å². The third kappa shape index (κ3) is 5.38. The summed E-state index contributed by atoms with van der Waals surface area (Å²) in [7, 11) is 0. The van der Waals surface area contributed by atoms with Gasteiger partial charge in [-0.05, 0) is 50.3 Å². The molecule has 1 aromatic carbocycles. The summed E-state index contributed by atoms with van der Waals surface area (Å²) >= 11 is 1.41. The van der Waals surface area contributed by atoms with E-state index in [9.17, 15) is 14.4 Å². The first kappa shape index (κ1) is 21.8. The Hall–Kier alpha value is -2.87. The fourth-order valence-electron chi connectivity index (χ4n) is 3.28. The highest BCUT2D eigenvalue weighted by Crippen LogP contribution is 2.25. The average Bonchev–Trinajstić information content (AvgIpc) is 3.29. The number of rotatable bonds is 7. The minimum absolute atomic E-state index is 0.00229. The summed E-state index contributed by atoms with van der Waals surface area (Å²) in [6.45, 7) is 4.89. The molecule has 1 aliphatic rings. The van der Waals surface area contributed by atoms with Crippen LogP contribution < -0.4 is 10.1 Å². The van der Waals surface area contributed by atoms with Crippen molar-refractivity contribution in [2.45, 2.75) is 32.8 Å². The number of esters is 1. The van der Waals surface area contributed by atoms with Crippen molar-refractivity contribution in [3.05, 3.63) is 46.7 Å². The minimum Gasteiger partial charge on any atom is -0.492 e. The van der Waals surface area contributed by atoms with Crippen molar-refractivity contribution in [3.63, 3.8) is 0 Å². The van der Waals surface area contributed by atoms with Crippen LogP contribution in [0.25, 0.3) is 0 Å². The summed E-state index contributed by atoms with van der Waals surface area (Å²) < 4.78 is 10.9. The normalized spacial score (nSPS) is 15.3. The predicted octanol–water partition coefficient (Wildman–Crippen LogP) is 3.57. The van der Waals surface area contributed by atoms with E-state index in [0.29, 0.717) is 48.9 Å². The molecule has 0 radical (unpaired) electrons. The maximum absolute atomic E-state index is 12.5. The molecule has 2 aromatic rings. The minimum atomic E-state index is -0.932. The van der Waals surface area contributed by atoms with Gasteiger partial charge in [-0.3, -0.25) is 14.4 Å². The third-order valence-electron chi connectivity index (χ3n) is 4.95. The van der Waals surface area contributed by atoms with E-state index in [0.717, 1.165) is 0 Å². The van der Waals surface area contributed by atoms with Crippen molar-refractivity contribution in [2.75, 3.05) is 25.0 Å². The van der Waals surface area contributed by atoms with Gasteiger partial charge < -0.3 is 19.7 Å². The Morgan fingerprint density at radius 3 is 2.57 bits per heavy atom. The van der Waals surface area contributed by atoms with Crippen molar-refractivity contribution in [1.29, 1.82) is 0 Å². The molecule has 0 spiro atoms. The topological polar surface area (TPSA) is 84.9 Å². The van der Waals surface area contributed by atoms with Crippen LogP contribution in [0.4, 0.5) is 5.69 Å². The number of nitrogens with zero attached hydrogens (tertiary/aromatic N) is 1. The van der Waals surface area contributed by atoms with Gasteiger partial charge in [0.2, 0.25) is 0 Å². The van der Waals surface area contributed by atoms with Crippen molar-refractivity contribution in [1.82, 2.24) is 4.90 Å². The number of hydrogen-bond donors (Lipinski definition) is 1. The Kier molecular flexibility index (Phi) is 7.46. The largest absolute Gasteiger partial charge is 0.492 e. The number of hydrogen-bond acceptors (Lipinski definition) is 6. The summed E-state index contributed by atoms with van der Waals surface area (Å²) in [6.07, 6.45) is 0.118. The number of nitrogens with one attached hydrogen (secondary N) is 1. The zero-order valence-electron chi connectivity index (χ0n) is 17.1. The van der Waals surface area contributed by atoms with Gasteiger partial charge in [-0.1, -0.05) is 18.2 Å². The van der Waals surface area contributed by atoms with Crippen LogP contribution in [0.5, 0.6) is 5.75 Å². The quantitative estimate of drug-likeness (QED) is 0.679. The predicted molar refractivity (Wildman–Crippen MR) is 115 cm³/mol. The van der Waals surface area contributed by atoms with E-state index >= 15 is 0 Å². The molecule has 1 atom stereocenters. The Labute approximate surface area is 180 Å². The molecule has 0 bridgehead atoms. The molecule has 2 heterocycles. The van der Waals surface area contributed by atoms with Crippen LogP contribution >= 0.6 is 11.3 Å². The number of para-hydroxylation sites is 2. The van der Waals surface area contributed by atoms with Gasteiger partial charge in [-0.25, -0.2) is 0 Å². The maximum Gasteiger partial charge on any atom is 0.309 e. The molecule has 160 valence electrons. The van der Waals surface area contributed by atoms with Crippen LogP contribution in [-0.4, -0.2) is 48.5 Å². The van der Waals surface area contributed by atoms with Gasteiger partial charge in [0, 0.05) is 13.1 Å². The van der Waals surface area contributed by atoms with Gasteiger partial charge in [0.25, 0.3) is 11.8 Å². The summed E-state index contributed by atoms with van der Waals surface area (Å²) in [4.78, 5) is 39.8. The molecule has 1 N–H and O–H groups in total. The van der Waals surface area contributed by atoms with Crippen LogP contribution in [0.3, 0.4) is 0 Å². The first-order chi connectivity index (χ1) is 14.5. The number of piperidine rings is 1. The van der Waals surface area contributed by atoms with E-state index in [1.165, 1.54) is 11.3 Å². The molecular formula is C22H26N2O5S. The molecule has 2 amide bonds. The van der Waals surface area contributed by atoms with Gasteiger partial charge in [-0.15, -0.1) is 11.3 Å². The highest BCUT2D eigenvalue weighted by Gasteiger charge is 2.31. The van der Waals surface area contributed by atoms with Crippen LogP contribution in [0.15, 0.2) is 41.8 Å². The summed E-state index contributed by atoms with van der Waals surface area (Å²) in [5.74, 6) is -0.574. The van der Waals surface area contributed by atoms with E-state index in [1.54, 1.807) is 36.1 Å². The number of anilines is 1. The molecule has 0 aliphatic carbocycles. The fraction of sp³-hybridized carbons (Fsp3) is 0.409. The second kappa shape index (κ2) is 10.2. The molecule has 30 heavy (non-hydrogen) atoms. The molecule has 1 fully saturated rings. The zero-order valence-corrected chi connectivity index (χ0v) is 17.9. The van der Waals surface area contributed by atoms with Crippen molar-refractivity contribution >= 4 is 34.8 Å². The number of amides is 2. The lowest BCUT2D eigenvalue weighted by Crippen LogP contribution is -2.41. The summed E-state index contributed by atoms with van der Waals surface area (Å²) in [5, 5.41) is 4.62. The molecule has 1 aliphatic heterocycles. The Morgan fingerprint density at radius 1 is 1.17 bits per heavy atom. The second-order valence-corrected chi connectivity index (χ2v) is 7.99. The zero-order chi connectivity index (χ0) is 21.5. The number of likely N-dealkylation sites (tertiary alicyclic amines) is 1. The lowest BCUT2D eigenvalue weighted by Gasteiger charge is -2.31. The molecule has 0 saturated carbocycles. The molecule has 8 heteroatoms. The van der Waals surface area contributed by atoms with Gasteiger partial charge in [0.05, 0.1) is 23.1 Å². The Morgan fingerprint density at radius 2 is 1.90 bits per heavy atom. The molecule has 3 rings (SSSR count). The van der Waals surface area contributed by atoms with Crippen molar-refractivity contribution in [2.24, 2.45) is 5.92 Å². The SMILES string of the molecule is CCOc1ccccc1NC(=O)C(C)OC(=O)C1CCN(C(=O)c2cccs2)CC1. The van der Waals surface area contributed by atoms with Gasteiger partial charge in [-0.2, -0.15) is 0 Å². The molecule has 1 saturated heterocycles. The number of carbonyl (C=O) groups is 3. The second-order valence-electron chi connectivity index (χ2n) is 7.04. The Balaban J connectivity index is 1.49. The molecule has 7 nitrogen and oxygen atoms in total. The highest BCUT2D eigenvalue weighted by atomic mass is 32.1. The summed E-state index contributed by atoms with van der Waals surface area (Å²) in [6, 6.07) is 10.8. The Bertz CT molecular complexity index is 875. The number of carbonyl (C=O) groups excluding carboxylic acids is 3. The number of ether oxygens (including phenoxy) is 2. The van der Waals surface area contributed by atoms with Crippen LogP contribution in [0, 0.1) is 5.92 Å². The fourth-order valence-corrected chi connectivity index (χ4v) is 3.97. The van der Waals surface area contributed by atoms with E-state index < -0.39 is 18.0 Å². The van der Waals surface area contributed by atoms with E-state index in [4.69, 9.17) is 9.47 Å². The van der Waals surface area contributed by atoms with E-state index in [1.807, 2.05) is 24.4 Å². The van der Waals surface area contributed by atoms with Gasteiger partial charge >= 0.3 is 5.97 Å². The van der Waals surface area contributed by atoms with Gasteiger partial charge in [0.15, 0.2) is 6.10 Å². The number of thiophene rings is 1. The lowest BCUT2D eigenvalue weighted by atomic mass is 9.97. The number of benzene rings is 1. The van der Waals surface area contributed by atoms with Crippen LogP contribution in [-0.2, 0) is 14.3 Å². The first-order valence-corrected chi connectivity index (χ1v) is 10.9. The smallest absolute Gasteiger partial charge is 0.309 e. The lowest BCUT2D eigenvalue weighted by molar-refractivity contribution is -0.158. The molecular weight excluding hydrogens is 404 g/mol. The van der Waals surface area contributed by atoms with Gasteiger partial charge in [0.1, 0.15) is 5.75 Å². The standard InChI is InChI=1S/C22H26N2O5S/c1-3-28-18-8-5-4-7-17(18)23-20(25)15(2)29-22(27)16-10-12-24(13-11-16)21(26)19-9-6-14-30-19/h4-9,14-16H,3,10-13H2,1-2H3,(H,23,25). The van der Waals surface area contributed by atoms with Crippen LogP contribution in [0.2, 0.25) is 0 Å². The highest BCUT2D eigenvalue weighted by molar-refractivity contribution is 7.12. The van der Waals surface area contributed by atoms with Crippen LogP contribution in [0.1, 0.15) is 36.4 Å². The molecule has 1 aromatic heterocycles. The van der Waals surface area contributed by atoms with E-state index in [-0.39, 0.29) is 11.8 Å². The monoisotopic (exact) mass is 430 g/mol. The average molecular weight is 431 g/mol. The van der Waals surface area contributed by atoms with Crippen molar-refractivity contribution in [3.8, 4) is 5.75 Å². The van der Waals surface area contributed by atoms with Crippen molar-refractivity contribution < 1.29 is 23.9 Å². The third-order valence-corrected chi connectivity index (χ3v) is 5.81. The molecule has 1 unspecified atom stereocenters. The summed E-state index contributed by atoms with van der Waals surface area (Å²) in [5.41, 5.74) is 0.535.